The van der Waals surface area contributed by atoms with Crippen LogP contribution in [0.4, 0.5) is 4.39 Å². The highest BCUT2D eigenvalue weighted by atomic mass is 19.1. The van der Waals surface area contributed by atoms with E-state index in [0.29, 0.717) is 41.9 Å². The van der Waals surface area contributed by atoms with Crippen molar-refractivity contribution in [2.75, 3.05) is 13.1 Å². The standard InChI is InChI=1S/C21H17FN6O2/c1-27-18(10-17(25-27)13-5-7-15(22)8-6-13)21(29)28-11-14(12-28)20-24-19(26-30-20)16-4-2-3-9-23-16/h2-10,14H,11-12H2,1H3. The molecule has 0 N–H and O–H groups in total. The van der Waals surface area contributed by atoms with Crippen LogP contribution in [0.15, 0.2) is 59.3 Å². The maximum absolute atomic E-state index is 13.1. The molecule has 1 aliphatic rings. The van der Waals surface area contributed by atoms with Crippen molar-refractivity contribution in [1.82, 2.24) is 29.8 Å². The maximum atomic E-state index is 13.1. The van der Waals surface area contributed by atoms with Gasteiger partial charge in [-0.3, -0.25) is 14.5 Å². The minimum Gasteiger partial charge on any atom is -0.338 e. The maximum Gasteiger partial charge on any atom is 0.272 e. The van der Waals surface area contributed by atoms with Crippen LogP contribution in [0.5, 0.6) is 0 Å². The van der Waals surface area contributed by atoms with E-state index in [1.54, 1.807) is 41.0 Å². The Morgan fingerprint density at radius 2 is 1.93 bits per heavy atom. The molecule has 0 radical (unpaired) electrons. The molecule has 1 fully saturated rings. The number of benzene rings is 1. The van der Waals surface area contributed by atoms with Gasteiger partial charge < -0.3 is 9.42 Å². The molecule has 0 saturated carbocycles. The van der Waals surface area contributed by atoms with E-state index in [2.05, 4.69) is 20.2 Å². The Labute approximate surface area is 171 Å². The SMILES string of the molecule is Cn1nc(-c2ccc(F)cc2)cc1C(=O)N1CC(c2nc(-c3ccccn3)no2)C1. The largest absolute Gasteiger partial charge is 0.338 e. The number of halogens is 1. The van der Waals surface area contributed by atoms with Crippen molar-refractivity contribution >= 4 is 5.91 Å². The number of carbonyl (C=O) groups excluding carboxylic acids is 1. The summed E-state index contributed by atoms with van der Waals surface area (Å²) in [7, 11) is 1.72. The van der Waals surface area contributed by atoms with Crippen LogP contribution >= 0.6 is 0 Å². The first-order chi connectivity index (χ1) is 14.6. The van der Waals surface area contributed by atoms with Gasteiger partial charge in [0.2, 0.25) is 11.7 Å². The Morgan fingerprint density at radius 1 is 1.13 bits per heavy atom. The summed E-state index contributed by atoms with van der Waals surface area (Å²) in [6, 6.07) is 13.2. The molecular formula is C21H17FN6O2. The number of rotatable bonds is 4. The molecule has 1 saturated heterocycles. The van der Waals surface area contributed by atoms with Crippen molar-refractivity contribution in [2.24, 2.45) is 7.05 Å². The first kappa shape index (κ1) is 18.2. The highest BCUT2D eigenvalue weighted by molar-refractivity contribution is 5.94. The predicted molar refractivity (Wildman–Crippen MR) is 105 cm³/mol. The molecular weight excluding hydrogens is 387 g/mol. The second-order valence-electron chi connectivity index (χ2n) is 7.12. The molecule has 8 nitrogen and oxygen atoms in total. The zero-order chi connectivity index (χ0) is 20.7. The quantitative estimate of drug-likeness (QED) is 0.520. The van der Waals surface area contributed by atoms with Gasteiger partial charge in [-0.2, -0.15) is 10.1 Å². The predicted octanol–water partition coefficient (Wildman–Crippen LogP) is 2.91. The molecule has 1 aliphatic heterocycles. The van der Waals surface area contributed by atoms with Crippen molar-refractivity contribution < 1.29 is 13.7 Å². The van der Waals surface area contributed by atoms with Crippen LogP contribution in [0.25, 0.3) is 22.8 Å². The minimum atomic E-state index is -0.315. The van der Waals surface area contributed by atoms with Crippen LogP contribution < -0.4 is 0 Å². The molecule has 4 aromatic rings. The Hall–Kier alpha value is -3.88. The lowest BCUT2D eigenvalue weighted by atomic mass is 9.99. The Morgan fingerprint density at radius 3 is 2.67 bits per heavy atom. The van der Waals surface area contributed by atoms with Crippen LogP contribution in [0.2, 0.25) is 0 Å². The third-order valence-electron chi connectivity index (χ3n) is 5.09. The summed E-state index contributed by atoms with van der Waals surface area (Å²) < 4.78 is 20.0. The van der Waals surface area contributed by atoms with Gasteiger partial charge in [-0.25, -0.2) is 4.39 Å². The number of likely N-dealkylation sites (tertiary alicyclic amines) is 1. The van der Waals surface area contributed by atoms with Gasteiger partial charge in [-0.1, -0.05) is 11.2 Å². The Kier molecular flexibility index (Phi) is 4.35. The molecule has 5 rings (SSSR count). The third kappa shape index (κ3) is 3.24. The van der Waals surface area contributed by atoms with Gasteiger partial charge in [-0.05, 0) is 42.5 Å². The summed E-state index contributed by atoms with van der Waals surface area (Å²) in [5, 5.41) is 8.37. The molecule has 4 heterocycles. The molecule has 0 bridgehead atoms. The Bertz CT molecular complexity index is 1200. The van der Waals surface area contributed by atoms with Crippen molar-refractivity contribution in [1.29, 1.82) is 0 Å². The van der Waals surface area contributed by atoms with Crippen molar-refractivity contribution in [2.45, 2.75) is 5.92 Å². The van der Waals surface area contributed by atoms with Gasteiger partial charge in [0.1, 0.15) is 17.2 Å². The molecule has 150 valence electrons. The number of nitrogens with zero attached hydrogens (tertiary/aromatic N) is 6. The van der Waals surface area contributed by atoms with E-state index in [-0.39, 0.29) is 17.6 Å². The second kappa shape index (κ2) is 7.18. The molecule has 0 aliphatic carbocycles. The smallest absolute Gasteiger partial charge is 0.272 e. The average molecular weight is 404 g/mol. The van der Waals surface area contributed by atoms with Gasteiger partial charge in [-0.15, -0.1) is 0 Å². The van der Waals surface area contributed by atoms with Crippen LogP contribution in [-0.2, 0) is 7.05 Å². The van der Waals surface area contributed by atoms with E-state index in [9.17, 15) is 9.18 Å². The third-order valence-corrected chi connectivity index (χ3v) is 5.09. The van der Waals surface area contributed by atoms with Crippen LogP contribution in [-0.4, -0.2) is 48.8 Å². The lowest BCUT2D eigenvalue weighted by Gasteiger charge is -2.36. The molecule has 0 unspecified atom stereocenters. The average Bonchev–Trinajstić information content (AvgIpc) is 3.35. The normalized spacial score (nSPS) is 14.0. The fourth-order valence-corrected chi connectivity index (χ4v) is 3.39. The summed E-state index contributed by atoms with van der Waals surface area (Å²) >= 11 is 0. The fraction of sp³-hybridized carbons (Fsp3) is 0.190. The topological polar surface area (TPSA) is 89.9 Å². The molecule has 0 spiro atoms. The van der Waals surface area contributed by atoms with E-state index in [0.717, 1.165) is 5.56 Å². The van der Waals surface area contributed by atoms with E-state index < -0.39 is 0 Å². The van der Waals surface area contributed by atoms with Gasteiger partial charge in [0.15, 0.2) is 0 Å². The number of pyridine rings is 1. The highest BCUT2D eigenvalue weighted by Gasteiger charge is 2.37. The zero-order valence-electron chi connectivity index (χ0n) is 16.1. The minimum absolute atomic E-state index is 0.0105. The van der Waals surface area contributed by atoms with Crippen LogP contribution in [0, 0.1) is 5.82 Å². The summed E-state index contributed by atoms with van der Waals surface area (Å²) in [6.45, 7) is 0.972. The van der Waals surface area contributed by atoms with E-state index in [1.165, 1.54) is 12.1 Å². The molecule has 3 aromatic heterocycles. The fourth-order valence-electron chi connectivity index (χ4n) is 3.39. The van der Waals surface area contributed by atoms with Crippen molar-refractivity contribution in [3.63, 3.8) is 0 Å². The first-order valence-electron chi connectivity index (χ1n) is 9.43. The van der Waals surface area contributed by atoms with E-state index in [1.807, 2.05) is 18.2 Å². The molecule has 30 heavy (non-hydrogen) atoms. The highest BCUT2D eigenvalue weighted by Crippen LogP contribution is 2.29. The van der Waals surface area contributed by atoms with Gasteiger partial charge in [0.25, 0.3) is 5.91 Å². The monoisotopic (exact) mass is 404 g/mol. The lowest BCUT2D eigenvalue weighted by Crippen LogP contribution is -2.49. The lowest BCUT2D eigenvalue weighted by molar-refractivity contribution is 0.0558. The molecule has 1 aromatic carbocycles. The van der Waals surface area contributed by atoms with Gasteiger partial charge in [0, 0.05) is 31.9 Å². The summed E-state index contributed by atoms with van der Waals surface area (Å²) in [5.74, 6) is 0.482. The van der Waals surface area contributed by atoms with E-state index >= 15 is 0 Å². The first-order valence-corrected chi connectivity index (χ1v) is 9.43. The zero-order valence-corrected chi connectivity index (χ0v) is 16.1. The van der Waals surface area contributed by atoms with Crippen LogP contribution in [0.3, 0.4) is 0 Å². The van der Waals surface area contributed by atoms with Crippen molar-refractivity contribution in [3.05, 3.63) is 72.1 Å². The molecule has 0 atom stereocenters. The van der Waals surface area contributed by atoms with Gasteiger partial charge >= 0.3 is 0 Å². The summed E-state index contributed by atoms with van der Waals surface area (Å²) in [6.07, 6.45) is 1.67. The van der Waals surface area contributed by atoms with Crippen LogP contribution in [0.1, 0.15) is 22.3 Å². The molecule has 9 heteroatoms. The van der Waals surface area contributed by atoms with E-state index in [4.69, 9.17) is 4.52 Å². The van der Waals surface area contributed by atoms with Crippen molar-refractivity contribution in [3.8, 4) is 22.8 Å². The number of hydrogen-bond donors (Lipinski definition) is 0. The molecule has 1 amide bonds. The number of aromatic nitrogens is 5. The summed E-state index contributed by atoms with van der Waals surface area (Å²) in [5.41, 5.74) is 2.48. The number of aryl methyl sites for hydroxylation is 1. The number of amides is 1. The second-order valence-corrected chi connectivity index (χ2v) is 7.12. The Balaban J connectivity index is 1.27. The number of hydrogen-bond acceptors (Lipinski definition) is 6. The summed E-state index contributed by atoms with van der Waals surface area (Å²) in [4.78, 5) is 23.2. The van der Waals surface area contributed by atoms with Gasteiger partial charge in [0.05, 0.1) is 11.6 Å². The number of carbonyl (C=O) groups is 1.